The number of nitrogens with one attached hydrogen (secondary N) is 1. The summed E-state index contributed by atoms with van der Waals surface area (Å²) in [6.45, 7) is 2.24. The molecule has 2 heterocycles. The lowest BCUT2D eigenvalue weighted by atomic mass is 10.2. The summed E-state index contributed by atoms with van der Waals surface area (Å²) < 4.78 is 16.1. The van der Waals surface area contributed by atoms with E-state index in [1.807, 2.05) is 37.3 Å². The van der Waals surface area contributed by atoms with Gasteiger partial charge in [-0.2, -0.15) is 4.98 Å². The van der Waals surface area contributed by atoms with Gasteiger partial charge in [0.15, 0.2) is 0 Å². The summed E-state index contributed by atoms with van der Waals surface area (Å²) in [7, 11) is 0. The summed E-state index contributed by atoms with van der Waals surface area (Å²) in [6, 6.07) is 18.2. The Morgan fingerprint density at radius 3 is 2.48 bits per heavy atom. The molecule has 0 atom stereocenters. The molecule has 0 saturated carbocycles. The summed E-state index contributed by atoms with van der Waals surface area (Å²) in [6.07, 6.45) is 0. The average Bonchev–Trinajstić information content (AvgIpc) is 3.25. The minimum atomic E-state index is -0.603. The van der Waals surface area contributed by atoms with Gasteiger partial charge in [0.05, 0.1) is 17.6 Å². The molecule has 0 spiro atoms. The normalized spacial score (nSPS) is 11.2. The van der Waals surface area contributed by atoms with E-state index in [0.717, 1.165) is 11.1 Å². The third kappa shape index (κ3) is 3.96. The van der Waals surface area contributed by atoms with Crippen molar-refractivity contribution in [3.8, 4) is 0 Å². The summed E-state index contributed by atoms with van der Waals surface area (Å²) in [5.41, 5.74) is 3.21. The first-order valence-electron chi connectivity index (χ1n) is 10.1. The molecule has 1 N–H and O–H groups in total. The van der Waals surface area contributed by atoms with Crippen LogP contribution in [0.15, 0.2) is 71.5 Å². The van der Waals surface area contributed by atoms with Crippen LogP contribution in [0, 0.1) is 12.7 Å². The van der Waals surface area contributed by atoms with Gasteiger partial charge in [-0.1, -0.05) is 29.8 Å². The van der Waals surface area contributed by atoms with Gasteiger partial charge < -0.3 is 5.32 Å². The number of hydrogen-bond donors (Lipinski definition) is 1. The van der Waals surface area contributed by atoms with Crippen LogP contribution < -0.4 is 10.9 Å². The van der Waals surface area contributed by atoms with Crippen molar-refractivity contribution in [2.75, 3.05) is 5.32 Å². The maximum atomic E-state index is 13.4. The first-order valence-corrected chi connectivity index (χ1v) is 10.5. The highest BCUT2D eigenvalue weighted by atomic mass is 35.5. The second kappa shape index (κ2) is 8.14. The molecular weight excluding hydrogens is 445 g/mol. The Bertz CT molecular complexity index is 1570. The number of carbonyl (C=O) groups is 1. The van der Waals surface area contributed by atoms with Crippen molar-refractivity contribution in [3.63, 3.8) is 0 Å². The fourth-order valence-electron chi connectivity index (χ4n) is 3.62. The molecule has 3 aromatic carbocycles. The SMILES string of the molecule is Cc1ccc2c(c1)n(Cc1ccc(Cl)cc1)c(=O)c1nc(C(=O)Nc3ccc(F)cc3)nn12. The van der Waals surface area contributed by atoms with Crippen LogP contribution in [0.1, 0.15) is 21.7 Å². The molecule has 5 rings (SSSR count). The second-order valence-electron chi connectivity index (χ2n) is 7.64. The number of fused-ring (bicyclic) bond motifs is 3. The van der Waals surface area contributed by atoms with Gasteiger partial charge in [0.2, 0.25) is 11.5 Å². The zero-order valence-electron chi connectivity index (χ0n) is 17.4. The monoisotopic (exact) mass is 461 g/mol. The van der Waals surface area contributed by atoms with Crippen molar-refractivity contribution < 1.29 is 9.18 Å². The van der Waals surface area contributed by atoms with E-state index < -0.39 is 11.7 Å². The molecule has 0 fully saturated rings. The van der Waals surface area contributed by atoms with Crippen LogP contribution in [0.5, 0.6) is 0 Å². The van der Waals surface area contributed by atoms with E-state index in [1.165, 1.54) is 28.8 Å². The van der Waals surface area contributed by atoms with Crippen LogP contribution in [0.3, 0.4) is 0 Å². The number of carbonyl (C=O) groups excluding carboxylic acids is 1. The molecule has 0 bridgehead atoms. The molecule has 1 amide bonds. The number of halogens is 2. The molecule has 0 unspecified atom stereocenters. The molecule has 2 aromatic heterocycles. The Morgan fingerprint density at radius 2 is 1.76 bits per heavy atom. The van der Waals surface area contributed by atoms with E-state index >= 15 is 0 Å². The molecule has 0 aliphatic carbocycles. The van der Waals surface area contributed by atoms with E-state index in [-0.39, 0.29) is 17.0 Å². The fraction of sp³-hybridized carbons (Fsp3) is 0.0833. The molecule has 9 heteroatoms. The van der Waals surface area contributed by atoms with Crippen LogP contribution in [0.4, 0.5) is 10.1 Å². The third-order valence-electron chi connectivity index (χ3n) is 5.25. The number of aryl methyl sites for hydroxylation is 1. The van der Waals surface area contributed by atoms with E-state index in [1.54, 1.807) is 16.7 Å². The molecule has 164 valence electrons. The number of anilines is 1. The van der Waals surface area contributed by atoms with Crippen molar-refractivity contribution in [1.82, 2.24) is 19.2 Å². The summed E-state index contributed by atoms with van der Waals surface area (Å²) in [5, 5.41) is 7.52. The zero-order chi connectivity index (χ0) is 23.1. The van der Waals surface area contributed by atoms with Crippen molar-refractivity contribution in [2.45, 2.75) is 13.5 Å². The molecule has 0 saturated heterocycles. The number of amides is 1. The lowest BCUT2D eigenvalue weighted by Crippen LogP contribution is -2.24. The maximum Gasteiger partial charge on any atom is 0.296 e. The first-order chi connectivity index (χ1) is 15.9. The van der Waals surface area contributed by atoms with E-state index in [2.05, 4.69) is 15.4 Å². The lowest BCUT2D eigenvalue weighted by Gasteiger charge is -2.12. The minimum Gasteiger partial charge on any atom is -0.319 e. The van der Waals surface area contributed by atoms with Gasteiger partial charge in [-0.25, -0.2) is 8.91 Å². The Labute approximate surface area is 192 Å². The number of hydrogen-bond acceptors (Lipinski definition) is 4. The van der Waals surface area contributed by atoms with Crippen LogP contribution >= 0.6 is 11.6 Å². The Kier molecular flexibility index (Phi) is 5.14. The standard InChI is InChI=1S/C24H17ClFN5O2/c1-14-2-11-19-20(12-14)30(13-15-3-5-16(25)6-4-15)24(33)22-28-21(29-31(19)22)23(32)27-18-9-7-17(26)8-10-18/h2-12H,13H2,1H3,(H,27,32). The van der Waals surface area contributed by atoms with Gasteiger partial charge in [0, 0.05) is 10.7 Å². The van der Waals surface area contributed by atoms with Gasteiger partial charge >= 0.3 is 0 Å². The predicted molar refractivity (Wildman–Crippen MR) is 124 cm³/mol. The highest BCUT2D eigenvalue weighted by Gasteiger charge is 2.19. The highest BCUT2D eigenvalue weighted by molar-refractivity contribution is 6.30. The first kappa shape index (κ1) is 20.8. The Morgan fingerprint density at radius 1 is 1.03 bits per heavy atom. The summed E-state index contributed by atoms with van der Waals surface area (Å²) >= 11 is 5.99. The van der Waals surface area contributed by atoms with Crippen LogP contribution in [-0.2, 0) is 6.54 Å². The highest BCUT2D eigenvalue weighted by Crippen LogP contribution is 2.18. The van der Waals surface area contributed by atoms with E-state index in [9.17, 15) is 14.0 Å². The third-order valence-corrected chi connectivity index (χ3v) is 5.50. The number of nitrogens with zero attached hydrogens (tertiary/aromatic N) is 4. The van der Waals surface area contributed by atoms with Crippen LogP contribution in [0.2, 0.25) is 5.02 Å². The number of aromatic nitrogens is 4. The van der Waals surface area contributed by atoms with Crippen molar-refractivity contribution in [2.24, 2.45) is 0 Å². The predicted octanol–water partition coefficient (Wildman–Crippen LogP) is 4.45. The number of rotatable bonds is 4. The molecular formula is C24H17ClFN5O2. The minimum absolute atomic E-state index is 0.0320. The summed E-state index contributed by atoms with van der Waals surface area (Å²) in [5.74, 6) is -1.18. The van der Waals surface area contributed by atoms with Gasteiger partial charge in [0.1, 0.15) is 5.82 Å². The second-order valence-corrected chi connectivity index (χ2v) is 8.08. The quantitative estimate of drug-likeness (QED) is 0.429. The molecule has 0 radical (unpaired) electrons. The molecule has 0 aliphatic heterocycles. The van der Waals surface area contributed by atoms with Gasteiger partial charge in [-0.05, 0) is 66.6 Å². The number of benzene rings is 3. The van der Waals surface area contributed by atoms with E-state index in [4.69, 9.17) is 11.6 Å². The van der Waals surface area contributed by atoms with Crippen molar-refractivity contribution in [1.29, 1.82) is 0 Å². The lowest BCUT2D eigenvalue weighted by molar-refractivity contribution is 0.101. The smallest absolute Gasteiger partial charge is 0.296 e. The average molecular weight is 462 g/mol. The molecule has 33 heavy (non-hydrogen) atoms. The molecule has 5 aromatic rings. The largest absolute Gasteiger partial charge is 0.319 e. The van der Waals surface area contributed by atoms with Gasteiger partial charge in [-0.3, -0.25) is 14.2 Å². The van der Waals surface area contributed by atoms with Gasteiger partial charge in [0.25, 0.3) is 11.5 Å². The topological polar surface area (TPSA) is 81.3 Å². The molecule has 0 aliphatic rings. The molecule has 7 nitrogen and oxygen atoms in total. The Hall–Kier alpha value is -4.04. The zero-order valence-corrected chi connectivity index (χ0v) is 18.2. The fourth-order valence-corrected chi connectivity index (χ4v) is 3.75. The Balaban J connectivity index is 1.63. The maximum absolute atomic E-state index is 13.4. The van der Waals surface area contributed by atoms with Crippen molar-refractivity contribution in [3.05, 3.63) is 105 Å². The van der Waals surface area contributed by atoms with E-state index in [0.29, 0.717) is 28.3 Å². The van der Waals surface area contributed by atoms with Crippen LogP contribution in [-0.4, -0.2) is 25.1 Å². The van der Waals surface area contributed by atoms with Gasteiger partial charge in [-0.15, -0.1) is 5.10 Å². The van der Waals surface area contributed by atoms with Crippen molar-refractivity contribution >= 4 is 39.9 Å². The summed E-state index contributed by atoms with van der Waals surface area (Å²) in [4.78, 5) is 30.3. The van der Waals surface area contributed by atoms with Crippen LogP contribution in [0.25, 0.3) is 16.7 Å².